The number of nitrogens with one attached hydrogen (secondary N) is 1. The monoisotopic (exact) mass is 253 g/mol. The molecule has 0 radical (unpaired) electrons. The van der Waals surface area contributed by atoms with E-state index in [-0.39, 0.29) is 6.10 Å². The Bertz CT molecular complexity index is 627. The molecule has 1 unspecified atom stereocenters. The van der Waals surface area contributed by atoms with E-state index >= 15 is 0 Å². The van der Waals surface area contributed by atoms with Crippen LogP contribution < -0.4 is 5.32 Å². The van der Waals surface area contributed by atoms with Crippen LogP contribution in [0.15, 0.2) is 30.3 Å². The van der Waals surface area contributed by atoms with E-state index in [9.17, 15) is 5.26 Å². The number of pyridine rings is 1. The Morgan fingerprint density at radius 3 is 3.11 bits per heavy atom. The van der Waals surface area contributed by atoms with Gasteiger partial charge in [0.05, 0.1) is 17.2 Å². The Morgan fingerprint density at radius 1 is 1.42 bits per heavy atom. The predicted octanol–water partition coefficient (Wildman–Crippen LogP) is 2.70. The molecule has 1 aliphatic heterocycles. The van der Waals surface area contributed by atoms with Gasteiger partial charge in [0.15, 0.2) is 0 Å². The van der Waals surface area contributed by atoms with Crippen molar-refractivity contribution in [1.82, 2.24) is 4.98 Å². The third kappa shape index (κ3) is 2.51. The fraction of sp³-hybridized carbons (Fsp3) is 0.333. The Kier molecular flexibility index (Phi) is 3.30. The molecule has 1 aliphatic rings. The molecule has 2 aromatic rings. The van der Waals surface area contributed by atoms with Crippen LogP contribution in [0, 0.1) is 11.3 Å². The molecule has 1 atom stereocenters. The van der Waals surface area contributed by atoms with E-state index in [4.69, 9.17) is 4.74 Å². The highest BCUT2D eigenvalue weighted by atomic mass is 16.5. The molecule has 1 N–H and O–H groups in total. The fourth-order valence-corrected chi connectivity index (χ4v) is 2.35. The number of hydrogen-bond donors (Lipinski definition) is 1. The number of aromatic nitrogens is 1. The maximum atomic E-state index is 9.21. The van der Waals surface area contributed by atoms with Crippen LogP contribution in [0.1, 0.15) is 18.4 Å². The van der Waals surface area contributed by atoms with E-state index in [1.165, 1.54) is 0 Å². The van der Waals surface area contributed by atoms with Gasteiger partial charge in [-0.2, -0.15) is 5.26 Å². The summed E-state index contributed by atoms with van der Waals surface area (Å²) in [5.74, 6) is 0.650. The molecule has 0 saturated carbocycles. The molecular formula is C15H15N3O. The van der Waals surface area contributed by atoms with Crippen LogP contribution >= 0.6 is 0 Å². The van der Waals surface area contributed by atoms with Gasteiger partial charge in [-0.05, 0) is 25.0 Å². The van der Waals surface area contributed by atoms with Crippen molar-refractivity contribution in [3.8, 4) is 6.07 Å². The average Bonchev–Trinajstić information content (AvgIpc) is 2.97. The molecule has 4 heteroatoms. The number of anilines is 1. The first kappa shape index (κ1) is 11.9. The molecule has 1 fully saturated rings. The summed E-state index contributed by atoms with van der Waals surface area (Å²) in [5, 5.41) is 13.4. The zero-order valence-electron chi connectivity index (χ0n) is 10.6. The molecule has 4 nitrogen and oxygen atoms in total. The Hall–Kier alpha value is -2.12. The van der Waals surface area contributed by atoms with E-state index < -0.39 is 0 Å². The third-order valence-electron chi connectivity index (χ3n) is 3.37. The molecule has 0 aliphatic carbocycles. The number of nitrogens with zero attached hydrogens (tertiary/aromatic N) is 2. The first-order chi connectivity index (χ1) is 9.36. The van der Waals surface area contributed by atoms with Gasteiger partial charge in [-0.15, -0.1) is 0 Å². The standard InChI is InChI=1S/C15H15N3O/c16-9-12-8-11-4-1-2-6-14(11)18-15(12)17-10-13-5-3-7-19-13/h1-2,4,6,8,13H,3,5,7,10H2,(H,17,18). The SMILES string of the molecule is N#Cc1cc2ccccc2nc1NCC1CCCO1. The number of nitriles is 1. The molecule has 96 valence electrons. The van der Waals surface area contributed by atoms with Gasteiger partial charge in [0.1, 0.15) is 11.9 Å². The van der Waals surface area contributed by atoms with Gasteiger partial charge in [-0.3, -0.25) is 0 Å². The van der Waals surface area contributed by atoms with Gasteiger partial charge in [0.25, 0.3) is 0 Å². The molecule has 0 bridgehead atoms. The molecule has 1 aromatic carbocycles. The van der Waals surface area contributed by atoms with Gasteiger partial charge >= 0.3 is 0 Å². The van der Waals surface area contributed by atoms with Crippen LogP contribution in [0.2, 0.25) is 0 Å². The number of hydrogen-bond acceptors (Lipinski definition) is 4. The van der Waals surface area contributed by atoms with Crippen LogP contribution in [0.5, 0.6) is 0 Å². The quantitative estimate of drug-likeness (QED) is 0.913. The molecule has 1 saturated heterocycles. The van der Waals surface area contributed by atoms with Crippen molar-refractivity contribution in [2.75, 3.05) is 18.5 Å². The fourth-order valence-electron chi connectivity index (χ4n) is 2.35. The summed E-state index contributed by atoms with van der Waals surface area (Å²) < 4.78 is 5.56. The summed E-state index contributed by atoms with van der Waals surface area (Å²) in [7, 11) is 0. The molecule has 0 amide bonds. The minimum Gasteiger partial charge on any atom is -0.376 e. The Morgan fingerprint density at radius 2 is 2.32 bits per heavy atom. The summed E-state index contributed by atoms with van der Waals surface area (Å²) in [6.07, 6.45) is 2.42. The third-order valence-corrected chi connectivity index (χ3v) is 3.37. The van der Waals surface area contributed by atoms with Crippen molar-refractivity contribution < 1.29 is 4.74 Å². The highest BCUT2D eigenvalue weighted by Crippen LogP contribution is 2.20. The first-order valence-electron chi connectivity index (χ1n) is 6.52. The Labute approximate surface area is 112 Å². The normalized spacial score (nSPS) is 18.4. The molecule has 0 spiro atoms. The number of rotatable bonds is 3. The van der Waals surface area contributed by atoms with Crippen molar-refractivity contribution in [3.63, 3.8) is 0 Å². The van der Waals surface area contributed by atoms with Crippen molar-refractivity contribution in [2.45, 2.75) is 18.9 Å². The van der Waals surface area contributed by atoms with Crippen molar-refractivity contribution in [3.05, 3.63) is 35.9 Å². The van der Waals surface area contributed by atoms with Crippen molar-refractivity contribution in [1.29, 1.82) is 5.26 Å². The second-order valence-electron chi connectivity index (χ2n) is 4.70. The zero-order valence-corrected chi connectivity index (χ0v) is 10.6. The van der Waals surface area contributed by atoms with E-state index in [0.717, 1.165) is 30.4 Å². The minimum absolute atomic E-state index is 0.236. The van der Waals surface area contributed by atoms with Gasteiger partial charge in [0.2, 0.25) is 0 Å². The Balaban J connectivity index is 1.86. The highest BCUT2D eigenvalue weighted by Gasteiger charge is 2.16. The lowest BCUT2D eigenvalue weighted by atomic mass is 10.1. The molecule has 1 aromatic heterocycles. The summed E-state index contributed by atoms with van der Waals surface area (Å²) in [5.41, 5.74) is 1.48. The molecule has 19 heavy (non-hydrogen) atoms. The topological polar surface area (TPSA) is 57.9 Å². The summed E-state index contributed by atoms with van der Waals surface area (Å²) in [6.45, 7) is 1.54. The van der Waals surface area contributed by atoms with Gasteiger partial charge in [-0.25, -0.2) is 4.98 Å². The predicted molar refractivity (Wildman–Crippen MR) is 73.9 cm³/mol. The van der Waals surface area contributed by atoms with E-state index in [2.05, 4.69) is 16.4 Å². The molecule has 3 rings (SSSR count). The first-order valence-corrected chi connectivity index (χ1v) is 6.52. The summed E-state index contributed by atoms with van der Waals surface area (Å²) >= 11 is 0. The van der Waals surface area contributed by atoms with Crippen LogP contribution in [-0.4, -0.2) is 24.2 Å². The van der Waals surface area contributed by atoms with Gasteiger partial charge in [0, 0.05) is 18.5 Å². The van der Waals surface area contributed by atoms with Crippen LogP contribution in [0.3, 0.4) is 0 Å². The van der Waals surface area contributed by atoms with E-state index in [1.807, 2.05) is 30.3 Å². The van der Waals surface area contributed by atoms with Crippen molar-refractivity contribution >= 4 is 16.7 Å². The van der Waals surface area contributed by atoms with Crippen LogP contribution in [0.25, 0.3) is 10.9 Å². The zero-order chi connectivity index (χ0) is 13.1. The molecular weight excluding hydrogens is 238 g/mol. The number of para-hydroxylation sites is 1. The highest BCUT2D eigenvalue weighted by molar-refractivity contribution is 5.82. The lowest BCUT2D eigenvalue weighted by molar-refractivity contribution is 0.120. The summed E-state index contributed by atoms with van der Waals surface area (Å²) in [6, 6.07) is 11.9. The minimum atomic E-state index is 0.236. The van der Waals surface area contributed by atoms with Crippen molar-refractivity contribution in [2.24, 2.45) is 0 Å². The van der Waals surface area contributed by atoms with E-state index in [0.29, 0.717) is 17.9 Å². The van der Waals surface area contributed by atoms with Crippen LogP contribution in [0.4, 0.5) is 5.82 Å². The smallest absolute Gasteiger partial charge is 0.144 e. The maximum absolute atomic E-state index is 9.21. The lowest BCUT2D eigenvalue weighted by Crippen LogP contribution is -2.19. The van der Waals surface area contributed by atoms with Gasteiger partial charge in [-0.1, -0.05) is 18.2 Å². The molecule has 2 heterocycles. The lowest BCUT2D eigenvalue weighted by Gasteiger charge is -2.12. The maximum Gasteiger partial charge on any atom is 0.144 e. The summed E-state index contributed by atoms with van der Waals surface area (Å²) in [4.78, 5) is 4.52. The number of benzene rings is 1. The number of ether oxygens (including phenoxy) is 1. The number of fused-ring (bicyclic) bond motifs is 1. The van der Waals surface area contributed by atoms with E-state index in [1.54, 1.807) is 0 Å². The second-order valence-corrected chi connectivity index (χ2v) is 4.70. The van der Waals surface area contributed by atoms with Crippen LogP contribution in [-0.2, 0) is 4.74 Å². The second kappa shape index (κ2) is 5.25. The average molecular weight is 253 g/mol. The largest absolute Gasteiger partial charge is 0.376 e. The van der Waals surface area contributed by atoms with Gasteiger partial charge < -0.3 is 10.1 Å².